The summed E-state index contributed by atoms with van der Waals surface area (Å²) < 4.78 is 1.85. The third kappa shape index (κ3) is 3.79. The molecule has 0 saturated heterocycles. The van der Waals surface area contributed by atoms with E-state index in [1.54, 1.807) is 12.1 Å². The fourth-order valence-electron chi connectivity index (χ4n) is 3.76. The Morgan fingerprint density at radius 2 is 1.77 bits per heavy atom. The predicted octanol–water partition coefficient (Wildman–Crippen LogP) is 3.21. The third-order valence-corrected chi connectivity index (χ3v) is 5.11. The van der Waals surface area contributed by atoms with Crippen LogP contribution in [0.25, 0.3) is 17.0 Å². The topological polar surface area (TPSA) is 102 Å². The Bertz CT molecular complexity index is 1260. The van der Waals surface area contributed by atoms with Gasteiger partial charge in [0.25, 0.3) is 5.91 Å². The number of fused-ring (bicyclic) bond motifs is 1. The van der Waals surface area contributed by atoms with Crippen molar-refractivity contribution in [1.82, 2.24) is 19.5 Å². The van der Waals surface area contributed by atoms with Crippen LogP contribution in [0.3, 0.4) is 0 Å². The van der Waals surface area contributed by atoms with Gasteiger partial charge in [0.1, 0.15) is 17.0 Å². The zero-order valence-corrected chi connectivity index (χ0v) is 18.0. The minimum absolute atomic E-state index is 0.378. The molecule has 0 unspecified atom stereocenters. The first-order valence-corrected chi connectivity index (χ1v) is 9.99. The van der Waals surface area contributed by atoms with Crippen LogP contribution >= 0.6 is 0 Å². The van der Waals surface area contributed by atoms with E-state index in [0.29, 0.717) is 29.4 Å². The second-order valence-corrected chi connectivity index (χ2v) is 7.57. The predicted molar refractivity (Wildman–Crippen MR) is 123 cm³/mol. The number of amides is 1. The highest BCUT2D eigenvalue weighted by molar-refractivity contribution is 6.04. The van der Waals surface area contributed by atoms with Crippen LogP contribution in [0.15, 0.2) is 48.5 Å². The molecule has 31 heavy (non-hydrogen) atoms. The number of primary amides is 1. The van der Waals surface area contributed by atoms with Gasteiger partial charge in [-0.15, -0.1) is 0 Å². The van der Waals surface area contributed by atoms with Crippen molar-refractivity contribution < 1.29 is 4.79 Å². The molecule has 0 aliphatic rings. The molecular weight excluding hydrogens is 390 g/mol. The summed E-state index contributed by atoms with van der Waals surface area (Å²) in [4.78, 5) is 28.0. The average Bonchev–Trinajstić information content (AvgIpc) is 3.07. The minimum atomic E-state index is -0.513. The summed E-state index contributed by atoms with van der Waals surface area (Å²) in [6.07, 6.45) is 0. The van der Waals surface area contributed by atoms with E-state index in [1.165, 1.54) is 0 Å². The molecule has 158 valence electrons. The minimum Gasteiger partial charge on any atom is -0.373 e. The fraction of sp³-hybridized carbons (Fsp3) is 0.217. The quantitative estimate of drug-likeness (QED) is 0.501. The van der Waals surface area contributed by atoms with Crippen molar-refractivity contribution in [1.29, 1.82) is 0 Å². The summed E-state index contributed by atoms with van der Waals surface area (Å²) in [7, 11) is 3.94. The Labute approximate surface area is 180 Å². The first-order chi connectivity index (χ1) is 14.9. The van der Waals surface area contributed by atoms with Gasteiger partial charge >= 0.3 is 0 Å². The lowest BCUT2D eigenvalue weighted by molar-refractivity contribution is 0.100. The molecule has 3 N–H and O–H groups in total. The molecule has 8 heteroatoms. The number of nitrogens with zero attached hydrogens (tertiary/aromatic N) is 5. The van der Waals surface area contributed by atoms with Crippen molar-refractivity contribution in [2.24, 2.45) is 5.73 Å². The van der Waals surface area contributed by atoms with Crippen LogP contribution in [-0.2, 0) is 6.54 Å². The number of nitrogens with two attached hydrogens (primary N) is 1. The van der Waals surface area contributed by atoms with Crippen LogP contribution < -0.4 is 16.0 Å². The SMILES string of the molecule is Cc1nc(-n2c(C)nc3c(C(N)=O)cccc32)nc(NCc2ccccc2)c1N(C)C. The number of benzene rings is 2. The maximum absolute atomic E-state index is 11.8. The standard InChI is InChI=1S/C23H25N7O/c1-14-20(29(3)4)22(25-13-16-9-6-5-7-10-16)28-23(26-14)30-15(2)27-19-17(21(24)31)11-8-12-18(19)30/h5-12H,13H2,1-4H3,(H2,24,31)(H,25,26,28). The van der Waals surface area contributed by atoms with Crippen molar-refractivity contribution in [2.45, 2.75) is 20.4 Å². The van der Waals surface area contributed by atoms with Crippen LogP contribution in [0.5, 0.6) is 0 Å². The van der Waals surface area contributed by atoms with Gasteiger partial charge < -0.3 is 16.0 Å². The van der Waals surface area contributed by atoms with Gasteiger partial charge in [0.2, 0.25) is 5.95 Å². The van der Waals surface area contributed by atoms with E-state index in [2.05, 4.69) is 22.4 Å². The van der Waals surface area contributed by atoms with Crippen LogP contribution in [0.2, 0.25) is 0 Å². The average molecular weight is 416 g/mol. The first-order valence-electron chi connectivity index (χ1n) is 9.99. The Morgan fingerprint density at radius 1 is 1.03 bits per heavy atom. The second kappa shape index (κ2) is 8.06. The number of nitrogens with one attached hydrogen (secondary N) is 1. The molecule has 4 rings (SSSR count). The van der Waals surface area contributed by atoms with E-state index in [9.17, 15) is 4.79 Å². The number of carbonyl (C=O) groups is 1. The van der Waals surface area contributed by atoms with Gasteiger partial charge in [0, 0.05) is 20.6 Å². The van der Waals surface area contributed by atoms with Gasteiger partial charge in [-0.1, -0.05) is 36.4 Å². The van der Waals surface area contributed by atoms with Crippen molar-refractivity contribution in [3.63, 3.8) is 0 Å². The molecule has 1 amide bonds. The van der Waals surface area contributed by atoms with Crippen molar-refractivity contribution >= 4 is 28.4 Å². The van der Waals surface area contributed by atoms with Crippen molar-refractivity contribution in [3.05, 3.63) is 71.2 Å². The van der Waals surface area contributed by atoms with Gasteiger partial charge in [-0.05, 0) is 31.5 Å². The highest BCUT2D eigenvalue weighted by Gasteiger charge is 2.20. The van der Waals surface area contributed by atoms with E-state index in [4.69, 9.17) is 15.7 Å². The highest BCUT2D eigenvalue weighted by Crippen LogP contribution is 2.29. The molecule has 0 spiro atoms. The zero-order valence-electron chi connectivity index (χ0n) is 18.0. The van der Waals surface area contributed by atoms with Crippen LogP contribution in [-0.4, -0.2) is 39.5 Å². The number of rotatable bonds is 6. The first kappa shape index (κ1) is 20.3. The molecule has 0 saturated carbocycles. The van der Waals surface area contributed by atoms with E-state index in [-0.39, 0.29) is 0 Å². The zero-order chi connectivity index (χ0) is 22.1. The van der Waals surface area contributed by atoms with Gasteiger partial charge in [-0.3, -0.25) is 9.36 Å². The van der Waals surface area contributed by atoms with Crippen LogP contribution in [0, 0.1) is 13.8 Å². The molecule has 2 aromatic heterocycles. The Balaban J connectivity index is 1.84. The van der Waals surface area contributed by atoms with Gasteiger partial charge in [-0.2, -0.15) is 4.98 Å². The maximum atomic E-state index is 11.8. The number of aryl methyl sites for hydroxylation is 2. The summed E-state index contributed by atoms with van der Waals surface area (Å²) in [6.45, 7) is 4.45. The lowest BCUT2D eigenvalue weighted by Crippen LogP contribution is -2.18. The number of imidazole rings is 1. The summed E-state index contributed by atoms with van der Waals surface area (Å²) in [6, 6.07) is 15.5. The van der Waals surface area contributed by atoms with Crippen LogP contribution in [0.1, 0.15) is 27.4 Å². The number of hydrogen-bond donors (Lipinski definition) is 2. The molecule has 4 aromatic rings. The molecule has 0 aliphatic carbocycles. The largest absolute Gasteiger partial charge is 0.373 e. The van der Waals surface area contributed by atoms with E-state index < -0.39 is 5.91 Å². The molecule has 0 aliphatic heterocycles. The van der Waals surface area contributed by atoms with Crippen LogP contribution in [0.4, 0.5) is 11.5 Å². The summed E-state index contributed by atoms with van der Waals surface area (Å²) in [5, 5.41) is 3.45. The molecule has 0 fully saturated rings. The monoisotopic (exact) mass is 415 g/mol. The molecule has 0 radical (unpaired) electrons. The van der Waals surface area contributed by atoms with E-state index in [0.717, 1.165) is 28.3 Å². The number of aromatic nitrogens is 4. The normalized spacial score (nSPS) is 11.0. The molecular formula is C23H25N7O. The lowest BCUT2D eigenvalue weighted by Gasteiger charge is -2.21. The maximum Gasteiger partial charge on any atom is 0.250 e. The fourth-order valence-corrected chi connectivity index (χ4v) is 3.76. The Morgan fingerprint density at radius 3 is 2.45 bits per heavy atom. The van der Waals surface area contributed by atoms with Gasteiger partial charge in [0.05, 0.1) is 16.8 Å². The Hall–Kier alpha value is -3.94. The molecule has 2 aromatic carbocycles. The highest BCUT2D eigenvalue weighted by atomic mass is 16.1. The molecule has 0 atom stereocenters. The number of anilines is 2. The van der Waals surface area contributed by atoms with E-state index in [1.807, 2.05) is 61.7 Å². The van der Waals surface area contributed by atoms with Crippen molar-refractivity contribution in [3.8, 4) is 5.95 Å². The van der Waals surface area contributed by atoms with Gasteiger partial charge in [0.15, 0.2) is 5.82 Å². The summed E-state index contributed by atoms with van der Waals surface area (Å²) >= 11 is 0. The lowest BCUT2D eigenvalue weighted by atomic mass is 10.2. The summed E-state index contributed by atoms with van der Waals surface area (Å²) in [5.74, 6) is 1.37. The number of hydrogen-bond acceptors (Lipinski definition) is 6. The third-order valence-electron chi connectivity index (χ3n) is 5.11. The smallest absolute Gasteiger partial charge is 0.250 e. The number of carbonyl (C=O) groups excluding carboxylic acids is 1. The number of para-hydroxylation sites is 1. The second-order valence-electron chi connectivity index (χ2n) is 7.57. The van der Waals surface area contributed by atoms with Crippen molar-refractivity contribution in [2.75, 3.05) is 24.3 Å². The van der Waals surface area contributed by atoms with Gasteiger partial charge in [-0.25, -0.2) is 9.97 Å². The Kier molecular flexibility index (Phi) is 5.29. The molecule has 0 bridgehead atoms. The molecule has 8 nitrogen and oxygen atoms in total. The summed E-state index contributed by atoms with van der Waals surface area (Å²) in [5.41, 5.74) is 10.1. The molecule has 2 heterocycles. The van der Waals surface area contributed by atoms with E-state index >= 15 is 0 Å².